The molecule has 0 saturated carbocycles. The number of para-hydroxylation sites is 1. The van der Waals surface area contributed by atoms with E-state index < -0.39 is 10.0 Å². The van der Waals surface area contributed by atoms with Crippen LogP contribution >= 0.6 is 0 Å². The van der Waals surface area contributed by atoms with Crippen LogP contribution in [0.1, 0.15) is 25.5 Å². The monoisotopic (exact) mass is 347 g/mol. The smallest absolute Gasteiger partial charge is 0.308 e. The zero-order valence-corrected chi connectivity index (χ0v) is 14.4. The molecule has 0 aliphatic heterocycles. The summed E-state index contributed by atoms with van der Waals surface area (Å²) in [5, 5.41) is 5.45. The van der Waals surface area contributed by atoms with E-state index in [2.05, 4.69) is 15.4 Å². The van der Waals surface area contributed by atoms with Gasteiger partial charge in [0.15, 0.2) is 0 Å². The molecule has 2 amide bonds. The largest absolute Gasteiger partial charge is 0.323 e. The van der Waals surface area contributed by atoms with Crippen LogP contribution in [-0.2, 0) is 10.0 Å². The number of hydrogen-bond acceptors (Lipinski definition) is 3. The Morgan fingerprint density at radius 1 is 0.958 bits per heavy atom. The summed E-state index contributed by atoms with van der Waals surface area (Å²) >= 11 is 0. The topological polar surface area (TPSA) is 87.3 Å². The van der Waals surface area contributed by atoms with Gasteiger partial charge in [0.25, 0.3) is 0 Å². The van der Waals surface area contributed by atoms with Crippen LogP contribution in [0.15, 0.2) is 54.6 Å². The fraction of sp³-hybridized carbons (Fsp3) is 0.235. The Morgan fingerprint density at radius 2 is 1.50 bits per heavy atom. The highest BCUT2D eigenvalue weighted by molar-refractivity contribution is 7.89. The van der Waals surface area contributed by atoms with E-state index in [1.54, 1.807) is 50.2 Å². The average molecular weight is 347 g/mol. The highest BCUT2D eigenvalue weighted by Crippen LogP contribution is 2.17. The van der Waals surface area contributed by atoms with Crippen molar-refractivity contribution < 1.29 is 13.2 Å². The maximum absolute atomic E-state index is 11.9. The van der Waals surface area contributed by atoms with Gasteiger partial charge < -0.3 is 10.6 Å². The van der Waals surface area contributed by atoms with Crippen molar-refractivity contribution in [3.8, 4) is 0 Å². The van der Waals surface area contributed by atoms with E-state index >= 15 is 0 Å². The van der Waals surface area contributed by atoms with Crippen molar-refractivity contribution in [2.24, 2.45) is 0 Å². The lowest BCUT2D eigenvalue weighted by molar-refractivity contribution is 0.262. The molecule has 0 fully saturated rings. The minimum atomic E-state index is -3.26. The molecule has 2 rings (SSSR count). The van der Waals surface area contributed by atoms with Gasteiger partial charge in [-0.05, 0) is 43.7 Å². The van der Waals surface area contributed by atoms with E-state index in [9.17, 15) is 13.2 Å². The Kier molecular flexibility index (Phi) is 5.94. The van der Waals surface area contributed by atoms with E-state index in [1.165, 1.54) is 0 Å². The molecule has 0 bridgehead atoms. The maximum Gasteiger partial charge on any atom is 0.323 e. The van der Waals surface area contributed by atoms with Gasteiger partial charge in [0, 0.05) is 17.4 Å². The predicted molar refractivity (Wildman–Crippen MR) is 96.5 cm³/mol. The maximum atomic E-state index is 11.9. The Hall–Kier alpha value is -2.38. The van der Waals surface area contributed by atoms with E-state index in [4.69, 9.17) is 0 Å². The van der Waals surface area contributed by atoms with E-state index in [-0.39, 0.29) is 17.8 Å². The van der Waals surface area contributed by atoms with Crippen LogP contribution in [0, 0.1) is 0 Å². The fourth-order valence-electron chi connectivity index (χ4n) is 2.09. The van der Waals surface area contributed by atoms with Crippen LogP contribution in [-0.4, -0.2) is 20.2 Å². The van der Waals surface area contributed by atoms with Crippen molar-refractivity contribution in [3.05, 3.63) is 60.2 Å². The number of sulfonamides is 1. The number of nitrogens with one attached hydrogen (secondary N) is 3. The first-order chi connectivity index (χ1) is 11.4. The number of carbonyl (C=O) groups excluding carboxylic acids is 1. The van der Waals surface area contributed by atoms with Gasteiger partial charge in [-0.25, -0.2) is 17.9 Å². The van der Waals surface area contributed by atoms with E-state index in [0.29, 0.717) is 11.4 Å². The number of amides is 2. The summed E-state index contributed by atoms with van der Waals surface area (Å²) in [5.41, 5.74) is 2.15. The first-order valence-corrected chi connectivity index (χ1v) is 9.28. The summed E-state index contributed by atoms with van der Waals surface area (Å²) in [6, 6.07) is 15.5. The average Bonchev–Trinajstić information content (AvgIpc) is 2.56. The van der Waals surface area contributed by atoms with Crippen molar-refractivity contribution in [2.45, 2.75) is 19.9 Å². The number of anilines is 2. The first kappa shape index (κ1) is 18.0. The van der Waals surface area contributed by atoms with Crippen molar-refractivity contribution in [1.29, 1.82) is 0 Å². The second kappa shape index (κ2) is 7.94. The predicted octanol–water partition coefficient (Wildman–Crippen LogP) is 3.33. The Morgan fingerprint density at radius 3 is 2.04 bits per heavy atom. The molecule has 24 heavy (non-hydrogen) atoms. The summed E-state index contributed by atoms with van der Waals surface area (Å²) in [7, 11) is -3.26. The van der Waals surface area contributed by atoms with Gasteiger partial charge in [0.1, 0.15) is 0 Å². The first-order valence-electron chi connectivity index (χ1n) is 7.62. The number of hydrogen-bond donors (Lipinski definition) is 3. The van der Waals surface area contributed by atoms with Gasteiger partial charge in [0.05, 0.1) is 5.75 Å². The summed E-state index contributed by atoms with van der Waals surface area (Å²) in [5.74, 6) is 0.0383. The van der Waals surface area contributed by atoms with Gasteiger partial charge in [-0.15, -0.1) is 0 Å². The second-order valence-corrected chi connectivity index (χ2v) is 7.35. The van der Waals surface area contributed by atoms with Gasteiger partial charge in [-0.3, -0.25) is 0 Å². The normalized spacial score (nSPS) is 12.4. The summed E-state index contributed by atoms with van der Waals surface area (Å²) < 4.78 is 25.8. The third-order valence-electron chi connectivity index (χ3n) is 3.44. The third kappa shape index (κ3) is 5.36. The van der Waals surface area contributed by atoms with Gasteiger partial charge in [0.2, 0.25) is 10.0 Å². The molecule has 2 aromatic rings. The summed E-state index contributed by atoms with van der Waals surface area (Å²) in [4.78, 5) is 11.9. The van der Waals surface area contributed by atoms with Crippen LogP contribution in [0.3, 0.4) is 0 Å². The summed E-state index contributed by atoms with van der Waals surface area (Å²) in [6.45, 7) is 3.37. The molecule has 0 saturated heterocycles. The van der Waals surface area contributed by atoms with Gasteiger partial charge in [-0.1, -0.05) is 30.3 Å². The van der Waals surface area contributed by atoms with Crippen LogP contribution < -0.4 is 15.4 Å². The van der Waals surface area contributed by atoms with Crippen LogP contribution in [0.4, 0.5) is 16.2 Å². The van der Waals surface area contributed by atoms with Crippen LogP contribution in [0.5, 0.6) is 0 Å². The van der Waals surface area contributed by atoms with Crippen molar-refractivity contribution >= 4 is 27.4 Å². The lowest BCUT2D eigenvalue weighted by atomic mass is 10.1. The Balaban J connectivity index is 1.95. The molecule has 0 radical (unpaired) electrons. The number of carbonyl (C=O) groups is 1. The molecule has 0 unspecified atom stereocenters. The minimum Gasteiger partial charge on any atom is -0.308 e. The molecule has 2 aromatic carbocycles. The third-order valence-corrected chi connectivity index (χ3v) is 4.91. The van der Waals surface area contributed by atoms with Crippen molar-refractivity contribution in [1.82, 2.24) is 4.72 Å². The van der Waals surface area contributed by atoms with Crippen molar-refractivity contribution in [3.63, 3.8) is 0 Å². The number of benzene rings is 2. The lowest BCUT2D eigenvalue weighted by Gasteiger charge is -2.14. The number of urea groups is 1. The fourth-order valence-corrected chi connectivity index (χ4v) is 2.93. The quantitative estimate of drug-likeness (QED) is 0.749. The molecule has 1 atom stereocenters. The van der Waals surface area contributed by atoms with Gasteiger partial charge in [-0.2, -0.15) is 0 Å². The molecule has 3 N–H and O–H groups in total. The minimum absolute atomic E-state index is 0.0383. The van der Waals surface area contributed by atoms with E-state index in [1.807, 2.05) is 18.2 Å². The molecule has 0 spiro atoms. The SMILES string of the molecule is CCS(=O)(=O)N[C@H](C)c1ccc(NC(=O)Nc2ccccc2)cc1. The number of rotatable bonds is 6. The van der Waals surface area contributed by atoms with Gasteiger partial charge >= 0.3 is 6.03 Å². The molecule has 6 nitrogen and oxygen atoms in total. The molecule has 0 aliphatic carbocycles. The highest BCUT2D eigenvalue weighted by Gasteiger charge is 2.13. The van der Waals surface area contributed by atoms with E-state index in [0.717, 1.165) is 5.56 Å². The lowest BCUT2D eigenvalue weighted by Crippen LogP contribution is -2.28. The molecule has 0 aliphatic rings. The zero-order valence-electron chi connectivity index (χ0n) is 13.6. The Labute approximate surface area is 142 Å². The Bertz CT molecular complexity index is 774. The molecule has 0 heterocycles. The summed E-state index contributed by atoms with van der Waals surface area (Å²) in [6.07, 6.45) is 0. The molecule has 0 aromatic heterocycles. The van der Waals surface area contributed by atoms with Crippen LogP contribution in [0.2, 0.25) is 0 Å². The van der Waals surface area contributed by atoms with Crippen LogP contribution in [0.25, 0.3) is 0 Å². The zero-order chi connectivity index (χ0) is 17.6. The molecule has 7 heteroatoms. The standard InChI is InChI=1S/C17H21N3O3S/c1-3-24(22,23)20-13(2)14-9-11-16(12-10-14)19-17(21)18-15-7-5-4-6-8-15/h4-13,20H,3H2,1-2H3,(H2,18,19,21)/t13-/m1/s1. The second-order valence-electron chi connectivity index (χ2n) is 5.31. The molecular weight excluding hydrogens is 326 g/mol. The van der Waals surface area contributed by atoms with Crippen molar-refractivity contribution in [2.75, 3.05) is 16.4 Å². The highest BCUT2D eigenvalue weighted by atomic mass is 32.2. The molecular formula is C17H21N3O3S. The molecule has 128 valence electrons.